The first kappa shape index (κ1) is 16.2. The van der Waals surface area contributed by atoms with Crippen LogP contribution in [0.25, 0.3) is 0 Å². The first-order valence-corrected chi connectivity index (χ1v) is 7.21. The molecule has 4 heteroatoms. The van der Waals surface area contributed by atoms with Gasteiger partial charge >= 0.3 is 0 Å². The molecule has 0 aromatic heterocycles. The molecule has 1 aromatic carbocycles. The van der Waals surface area contributed by atoms with E-state index in [1.807, 2.05) is 45.0 Å². The summed E-state index contributed by atoms with van der Waals surface area (Å²) in [4.78, 5) is 25.6. The summed E-state index contributed by atoms with van der Waals surface area (Å²) < 4.78 is 0. The van der Waals surface area contributed by atoms with Crippen molar-refractivity contribution in [2.45, 2.75) is 40.0 Å². The van der Waals surface area contributed by atoms with E-state index in [0.717, 1.165) is 24.1 Å². The average Bonchev–Trinajstić information content (AvgIpc) is 2.41. The van der Waals surface area contributed by atoms with Gasteiger partial charge in [0.25, 0.3) is 0 Å². The van der Waals surface area contributed by atoms with Gasteiger partial charge in [-0.3, -0.25) is 9.59 Å². The van der Waals surface area contributed by atoms with Crippen molar-refractivity contribution in [1.29, 1.82) is 0 Å². The molecule has 0 radical (unpaired) electrons. The van der Waals surface area contributed by atoms with Crippen LogP contribution < -0.4 is 5.32 Å². The van der Waals surface area contributed by atoms with Gasteiger partial charge in [0.1, 0.15) is 0 Å². The van der Waals surface area contributed by atoms with Crippen molar-refractivity contribution in [3.05, 3.63) is 29.8 Å². The number of para-hydroxylation sites is 1. The number of hydrogen-bond donors (Lipinski definition) is 1. The lowest BCUT2D eigenvalue weighted by Crippen LogP contribution is -2.38. The predicted octanol–water partition coefficient (Wildman–Crippen LogP) is 2.97. The normalized spacial score (nSPS) is 10.2. The van der Waals surface area contributed by atoms with Crippen LogP contribution in [0.2, 0.25) is 0 Å². The molecule has 110 valence electrons. The highest BCUT2D eigenvalue weighted by Crippen LogP contribution is 2.13. The Kier molecular flexibility index (Phi) is 6.77. The number of nitrogens with zero attached hydrogens (tertiary/aromatic N) is 1. The fraction of sp³-hybridized carbons (Fsp3) is 0.500. The van der Waals surface area contributed by atoms with Crippen LogP contribution in [0.15, 0.2) is 24.3 Å². The van der Waals surface area contributed by atoms with Crippen LogP contribution in [-0.2, 0) is 9.59 Å². The van der Waals surface area contributed by atoms with Crippen molar-refractivity contribution in [3.8, 4) is 0 Å². The Morgan fingerprint density at radius 3 is 2.45 bits per heavy atom. The van der Waals surface area contributed by atoms with Gasteiger partial charge in [-0.05, 0) is 31.4 Å². The van der Waals surface area contributed by atoms with E-state index < -0.39 is 0 Å². The molecular weight excluding hydrogens is 252 g/mol. The molecular formula is C16H24N2O2. The molecule has 0 aliphatic heterocycles. The summed E-state index contributed by atoms with van der Waals surface area (Å²) in [6.45, 7) is 6.67. The van der Waals surface area contributed by atoms with Crippen molar-refractivity contribution in [3.63, 3.8) is 0 Å². The Morgan fingerprint density at radius 2 is 1.85 bits per heavy atom. The number of nitrogens with one attached hydrogen (secondary N) is 1. The second kappa shape index (κ2) is 8.35. The first-order valence-electron chi connectivity index (χ1n) is 7.21. The number of carbonyl (C=O) groups is 2. The zero-order valence-electron chi connectivity index (χ0n) is 12.6. The molecule has 0 saturated carbocycles. The van der Waals surface area contributed by atoms with E-state index >= 15 is 0 Å². The largest absolute Gasteiger partial charge is 0.333 e. The van der Waals surface area contributed by atoms with Crippen LogP contribution in [0.5, 0.6) is 0 Å². The highest BCUT2D eigenvalue weighted by atomic mass is 16.2. The second-order valence-electron chi connectivity index (χ2n) is 4.93. The van der Waals surface area contributed by atoms with Gasteiger partial charge in [-0.25, -0.2) is 0 Å². The van der Waals surface area contributed by atoms with Crippen LogP contribution in [0.3, 0.4) is 0 Å². The summed E-state index contributed by atoms with van der Waals surface area (Å²) in [6, 6.07) is 7.63. The van der Waals surface area contributed by atoms with Crippen LogP contribution in [0.1, 0.15) is 38.7 Å². The van der Waals surface area contributed by atoms with Crippen LogP contribution >= 0.6 is 0 Å². The molecule has 0 fully saturated rings. The van der Waals surface area contributed by atoms with Gasteiger partial charge in [0.15, 0.2) is 0 Å². The Labute approximate surface area is 121 Å². The maximum Gasteiger partial charge on any atom is 0.244 e. The molecule has 0 spiro atoms. The lowest BCUT2D eigenvalue weighted by molar-refractivity contribution is -0.134. The maximum atomic E-state index is 12.1. The van der Waals surface area contributed by atoms with Gasteiger partial charge < -0.3 is 10.2 Å². The summed E-state index contributed by atoms with van der Waals surface area (Å²) in [5.74, 6) is -0.0912. The topological polar surface area (TPSA) is 49.4 Å². The van der Waals surface area contributed by atoms with Crippen molar-refractivity contribution in [2.75, 3.05) is 18.4 Å². The van der Waals surface area contributed by atoms with Gasteiger partial charge in [0.2, 0.25) is 11.8 Å². The summed E-state index contributed by atoms with van der Waals surface area (Å²) in [6.07, 6.45) is 2.16. The molecule has 2 amide bonds. The third-order valence-electron chi connectivity index (χ3n) is 3.06. The molecule has 0 unspecified atom stereocenters. The number of aryl methyl sites for hydroxylation is 1. The number of rotatable bonds is 7. The summed E-state index contributed by atoms with van der Waals surface area (Å²) in [5.41, 5.74) is 1.82. The Balaban J connectivity index is 2.62. The number of hydrogen-bond acceptors (Lipinski definition) is 2. The highest BCUT2D eigenvalue weighted by Gasteiger charge is 2.15. The van der Waals surface area contributed by atoms with Crippen molar-refractivity contribution in [2.24, 2.45) is 0 Å². The summed E-state index contributed by atoms with van der Waals surface area (Å²) in [7, 11) is 0. The molecule has 1 N–H and O–H groups in total. The molecule has 1 rings (SSSR count). The molecule has 0 heterocycles. The Bertz CT molecular complexity index is 458. The second-order valence-corrected chi connectivity index (χ2v) is 4.93. The third kappa shape index (κ3) is 5.03. The number of carbonyl (C=O) groups excluding carboxylic acids is 2. The van der Waals surface area contributed by atoms with E-state index in [1.54, 1.807) is 4.90 Å². The number of anilines is 1. The monoisotopic (exact) mass is 276 g/mol. The molecule has 0 saturated heterocycles. The molecule has 4 nitrogen and oxygen atoms in total. The summed E-state index contributed by atoms with van der Waals surface area (Å²) >= 11 is 0. The third-order valence-corrected chi connectivity index (χ3v) is 3.06. The first-order chi connectivity index (χ1) is 9.58. The van der Waals surface area contributed by atoms with Crippen molar-refractivity contribution < 1.29 is 9.59 Å². The minimum absolute atomic E-state index is 0.0503. The Morgan fingerprint density at radius 1 is 1.15 bits per heavy atom. The fourth-order valence-electron chi connectivity index (χ4n) is 2.01. The highest BCUT2D eigenvalue weighted by molar-refractivity contribution is 5.95. The Hall–Kier alpha value is -1.84. The van der Waals surface area contributed by atoms with E-state index in [0.29, 0.717) is 13.0 Å². The smallest absolute Gasteiger partial charge is 0.244 e. The van der Waals surface area contributed by atoms with Gasteiger partial charge in [-0.15, -0.1) is 0 Å². The predicted molar refractivity (Wildman–Crippen MR) is 81.6 cm³/mol. The quantitative estimate of drug-likeness (QED) is 0.832. The molecule has 0 bridgehead atoms. The number of amides is 2. The minimum atomic E-state index is -0.141. The van der Waals surface area contributed by atoms with Crippen LogP contribution in [-0.4, -0.2) is 29.8 Å². The lowest BCUT2D eigenvalue weighted by Gasteiger charge is -2.21. The maximum absolute atomic E-state index is 12.1. The van der Waals surface area contributed by atoms with Crippen LogP contribution in [0, 0.1) is 6.92 Å². The molecule has 1 aromatic rings. The van der Waals surface area contributed by atoms with E-state index in [1.165, 1.54) is 0 Å². The molecule has 0 aliphatic rings. The van der Waals surface area contributed by atoms with Crippen molar-refractivity contribution in [1.82, 2.24) is 4.90 Å². The minimum Gasteiger partial charge on any atom is -0.333 e. The molecule has 0 aliphatic carbocycles. The van der Waals surface area contributed by atoms with Gasteiger partial charge in [0.05, 0.1) is 6.54 Å². The van der Waals surface area contributed by atoms with E-state index in [9.17, 15) is 9.59 Å². The SMILES string of the molecule is CCCC(=O)N(CCC)CC(=O)Nc1ccccc1C. The summed E-state index contributed by atoms with van der Waals surface area (Å²) in [5, 5.41) is 2.86. The van der Waals surface area contributed by atoms with Crippen LogP contribution in [0.4, 0.5) is 5.69 Å². The van der Waals surface area contributed by atoms with E-state index in [2.05, 4.69) is 5.32 Å². The number of benzene rings is 1. The average molecular weight is 276 g/mol. The van der Waals surface area contributed by atoms with E-state index in [-0.39, 0.29) is 18.4 Å². The standard InChI is InChI=1S/C16H24N2O2/c1-4-8-16(20)18(11-5-2)12-15(19)17-14-10-7-6-9-13(14)3/h6-7,9-10H,4-5,8,11-12H2,1-3H3,(H,17,19). The van der Waals surface area contributed by atoms with E-state index in [4.69, 9.17) is 0 Å². The molecule has 20 heavy (non-hydrogen) atoms. The van der Waals surface area contributed by atoms with Gasteiger partial charge in [-0.2, -0.15) is 0 Å². The fourth-order valence-corrected chi connectivity index (χ4v) is 2.01. The zero-order valence-corrected chi connectivity index (χ0v) is 12.6. The molecule has 0 atom stereocenters. The van der Waals surface area contributed by atoms with Gasteiger partial charge in [-0.1, -0.05) is 32.0 Å². The van der Waals surface area contributed by atoms with Crippen molar-refractivity contribution >= 4 is 17.5 Å². The van der Waals surface area contributed by atoms with Gasteiger partial charge in [0, 0.05) is 18.7 Å². The zero-order chi connectivity index (χ0) is 15.0. The lowest BCUT2D eigenvalue weighted by atomic mass is 10.2.